The van der Waals surface area contributed by atoms with Crippen LogP contribution in [0.1, 0.15) is 90.9 Å². The Hall–Kier alpha value is -0.0400. The Morgan fingerprint density at radius 3 is 2.46 bits per heavy atom. The van der Waals surface area contributed by atoms with Gasteiger partial charge in [0, 0.05) is 6.04 Å². The fourth-order valence-corrected chi connectivity index (χ4v) is 8.70. The number of rotatable bonds is 1. The van der Waals surface area contributed by atoms with E-state index in [-0.39, 0.29) is 0 Å². The van der Waals surface area contributed by atoms with Gasteiger partial charge in [-0.15, -0.1) is 0 Å². The van der Waals surface area contributed by atoms with Crippen molar-refractivity contribution >= 4 is 0 Å². The lowest BCUT2D eigenvalue weighted by atomic mass is 9.45. The van der Waals surface area contributed by atoms with Crippen molar-refractivity contribution in [1.82, 2.24) is 4.90 Å². The van der Waals surface area contributed by atoms with Crippen LogP contribution in [0.2, 0.25) is 0 Å². The number of fused-ring (bicyclic) bond motifs is 5. The van der Waals surface area contributed by atoms with Crippen LogP contribution in [-0.4, -0.2) is 24.0 Å². The maximum absolute atomic E-state index is 2.88. The van der Waals surface area contributed by atoms with Gasteiger partial charge in [0.25, 0.3) is 0 Å². The molecule has 7 atom stereocenters. The molecule has 0 bridgehead atoms. The molecule has 0 amide bonds. The summed E-state index contributed by atoms with van der Waals surface area (Å²) in [6.45, 7) is 8.23. The molecule has 1 heterocycles. The summed E-state index contributed by atoms with van der Waals surface area (Å²) in [7, 11) is 0. The van der Waals surface area contributed by atoms with Gasteiger partial charge in [0.1, 0.15) is 0 Å². The molecule has 1 aliphatic heterocycles. The lowest BCUT2D eigenvalue weighted by Gasteiger charge is -2.60. The van der Waals surface area contributed by atoms with E-state index in [1.165, 1.54) is 45.2 Å². The van der Waals surface area contributed by atoms with Crippen molar-refractivity contribution in [3.8, 4) is 0 Å². The van der Waals surface area contributed by atoms with Crippen LogP contribution >= 0.6 is 0 Å². The topological polar surface area (TPSA) is 3.24 Å². The summed E-state index contributed by atoms with van der Waals surface area (Å²) in [4.78, 5) is 2.88. The highest BCUT2D eigenvalue weighted by Crippen LogP contribution is 2.66. The van der Waals surface area contributed by atoms with Crippen molar-refractivity contribution in [3.05, 3.63) is 0 Å². The highest BCUT2D eigenvalue weighted by Gasteiger charge is 2.59. The van der Waals surface area contributed by atoms with Gasteiger partial charge in [-0.05, 0) is 112 Å². The van der Waals surface area contributed by atoms with Crippen LogP contribution < -0.4 is 0 Å². The zero-order valence-corrected chi connectivity index (χ0v) is 16.2. The second kappa shape index (κ2) is 5.73. The Balaban J connectivity index is 1.39. The molecule has 1 nitrogen and oxygen atoms in total. The van der Waals surface area contributed by atoms with Crippen LogP contribution in [0.3, 0.4) is 0 Å². The highest BCUT2D eigenvalue weighted by molar-refractivity contribution is 5.09. The minimum atomic E-state index is 0.687. The SMILES string of the molecule is CC12CCC3C(CCC4CCCCC43C)C1C[C@@H](N1CCCC1)C2. The minimum absolute atomic E-state index is 0.687. The molecule has 0 aromatic carbocycles. The van der Waals surface area contributed by atoms with Crippen LogP contribution in [0, 0.1) is 34.5 Å². The highest BCUT2D eigenvalue weighted by atomic mass is 15.2. The van der Waals surface area contributed by atoms with Gasteiger partial charge in [-0.1, -0.05) is 26.7 Å². The Kier molecular flexibility index (Phi) is 3.86. The Morgan fingerprint density at radius 2 is 1.62 bits per heavy atom. The van der Waals surface area contributed by atoms with E-state index in [0.29, 0.717) is 10.8 Å². The molecule has 4 aliphatic carbocycles. The molecule has 1 heteroatoms. The molecule has 0 aromatic rings. The summed E-state index contributed by atoms with van der Waals surface area (Å²) in [5.74, 6) is 4.29. The average Bonchev–Trinajstić information content (AvgIpc) is 3.20. The van der Waals surface area contributed by atoms with Gasteiger partial charge in [0.15, 0.2) is 0 Å². The molecular weight excluding hydrogens is 290 g/mol. The number of nitrogens with zero attached hydrogens (tertiary/aromatic N) is 1. The van der Waals surface area contributed by atoms with Crippen molar-refractivity contribution in [3.63, 3.8) is 0 Å². The molecule has 6 unspecified atom stereocenters. The molecule has 5 fully saturated rings. The third-order valence-corrected chi connectivity index (χ3v) is 9.99. The molecule has 5 aliphatic rings. The molecular formula is C23H39N. The fourth-order valence-electron chi connectivity index (χ4n) is 8.70. The molecule has 0 spiro atoms. The van der Waals surface area contributed by atoms with Crippen molar-refractivity contribution in [2.24, 2.45) is 34.5 Å². The predicted molar refractivity (Wildman–Crippen MR) is 101 cm³/mol. The third kappa shape index (κ3) is 2.29. The number of likely N-dealkylation sites (tertiary alicyclic amines) is 1. The van der Waals surface area contributed by atoms with Crippen molar-refractivity contribution in [2.75, 3.05) is 13.1 Å². The quantitative estimate of drug-likeness (QED) is 0.580. The Bertz CT molecular complexity index is 480. The molecule has 136 valence electrons. The van der Waals surface area contributed by atoms with E-state index in [0.717, 1.165) is 29.7 Å². The molecule has 1 saturated heterocycles. The van der Waals surface area contributed by atoms with Crippen LogP contribution in [0.4, 0.5) is 0 Å². The first-order valence-electron chi connectivity index (χ1n) is 11.3. The largest absolute Gasteiger partial charge is 0.300 e. The second-order valence-corrected chi connectivity index (χ2v) is 10.9. The summed E-state index contributed by atoms with van der Waals surface area (Å²) < 4.78 is 0. The maximum atomic E-state index is 2.88. The molecule has 5 rings (SSSR count). The number of hydrogen-bond donors (Lipinski definition) is 0. The van der Waals surface area contributed by atoms with Crippen molar-refractivity contribution in [2.45, 2.75) is 96.9 Å². The molecule has 24 heavy (non-hydrogen) atoms. The standard InChI is InChI=1S/C23H39N/c1-22-12-10-20-19(9-8-17-7-3-4-11-23(17,20)2)21(22)15-18(16-22)24-13-5-6-14-24/h17-21H,3-16H2,1-2H3/t17?,18-,19?,20?,21?,22?,23?/m1/s1. The van der Waals surface area contributed by atoms with Gasteiger partial charge in [-0.25, -0.2) is 0 Å². The van der Waals surface area contributed by atoms with E-state index in [1.54, 1.807) is 44.9 Å². The Labute approximate surface area is 149 Å². The van der Waals surface area contributed by atoms with E-state index in [1.807, 2.05) is 0 Å². The maximum Gasteiger partial charge on any atom is 0.0103 e. The van der Waals surface area contributed by atoms with Gasteiger partial charge in [0.2, 0.25) is 0 Å². The second-order valence-electron chi connectivity index (χ2n) is 10.9. The fraction of sp³-hybridized carbons (Fsp3) is 1.00. The van der Waals surface area contributed by atoms with Gasteiger partial charge >= 0.3 is 0 Å². The predicted octanol–water partition coefficient (Wildman–Crippen LogP) is 5.88. The lowest BCUT2D eigenvalue weighted by Crippen LogP contribution is -2.51. The van der Waals surface area contributed by atoms with Gasteiger partial charge in [0.05, 0.1) is 0 Å². The third-order valence-electron chi connectivity index (χ3n) is 9.99. The first-order valence-corrected chi connectivity index (χ1v) is 11.3. The van der Waals surface area contributed by atoms with Gasteiger partial charge in [-0.3, -0.25) is 0 Å². The van der Waals surface area contributed by atoms with E-state index in [2.05, 4.69) is 18.7 Å². The zero-order chi connectivity index (χ0) is 16.4. The number of hydrogen-bond acceptors (Lipinski definition) is 1. The summed E-state index contributed by atoms with van der Waals surface area (Å²) in [6.07, 6.45) is 18.4. The molecule has 4 saturated carbocycles. The van der Waals surface area contributed by atoms with E-state index in [9.17, 15) is 0 Å². The zero-order valence-electron chi connectivity index (χ0n) is 16.2. The monoisotopic (exact) mass is 329 g/mol. The van der Waals surface area contributed by atoms with Crippen LogP contribution in [0.5, 0.6) is 0 Å². The normalized spacial score (nSPS) is 55.0. The van der Waals surface area contributed by atoms with Gasteiger partial charge in [-0.2, -0.15) is 0 Å². The summed E-state index contributed by atoms with van der Waals surface area (Å²) in [6, 6.07) is 0.943. The Morgan fingerprint density at radius 1 is 0.792 bits per heavy atom. The van der Waals surface area contributed by atoms with Crippen LogP contribution in [-0.2, 0) is 0 Å². The first kappa shape index (κ1) is 16.2. The smallest absolute Gasteiger partial charge is 0.0103 e. The van der Waals surface area contributed by atoms with Crippen molar-refractivity contribution in [1.29, 1.82) is 0 Å². The first-order chi connectivity index (χ1) is 11.6. The summed E-state index contributed by atoms with van der Waals surface area (Å²) in [5, 5.41) is 0. The van der Waals surface area contributed by atoms with Gasteiger partial charge < -0.3 is 4.90 Å². The van der Waals surface area contributed by atoms with E-state index >= 15 is 0 Å². The van der Waals surface area contributed by atoms with Crippen LogP contribution in [0.15, 0.2) is 0 Å². The molecule has 0 N–H and O–H groups in total. The summed E-state index contributed by atoms with van der Waals surface area (Å²) >= 11 is 0. The molecule has 0 aromatic heterocycles. The van der Waals surface area contributed by atoms with Crippen LogP contribution in [0.25, 0.3) is 0 Å². The minimum Gasteiger partial charge on any atom is -0.300 e. The molecule has 0 radical (unpaired) electrons. The van der Waals surface area contributed by atoms with E-state index < -0.39 is 0 Å². The average molecular weight is 330 g/mol. The van der Waals surface area contributed by atoms with Crippen molar-refractivity contribution < 1.29 is 0 Å². The summed E-state index contributed by atoms with van der Waals surface area (Å²) in [5.41, 5.74) is 1.40. The lowest BCUT2D eigenvalue weighted by molar-refractivity contribution is -0.103. The van der Waals surface area contributed by atoms with E-state index in [4.69, 9.17) is 0 Å².